The average Bonchev–Trinajstić information content (AvgIpc) is 2.38. The third-order valence-electron chi connectivity index (χ3n) is 3.27. The highest BCUT2D eigenvalue weighted by molar-refractivity contribution is 5.20. The molecule has 1 aromatic carbocycles. The number of rotatable bonds is 7. The van der Waals surface area contributed by atoms with Crippen molar-refractivity contribution < 1.29 is 8.78 Å². The molecule has 4 heteroatoms. The van der Waals surface area contributed by atoms with E-state index in [-0.39, 0.29) is 17.5 Å². The molecule has 19 heavy (non-hydrogen) atoms. The zero-order chi connectivity index (χ0) is 14.5. The van der Waals surface area contributed by atoms with Crippen LogP contribution in [0, 0.1) is 5.41 Å². The average molecular weight is 270 g/mol. The van der Waals surface area contributed by atoms with Gasteiger partial charge in [0.15, 0.2) is 0 Å². The van der Waals surface area contributed by atoms with Crippen molar-refractivity contribution in [3.05, 3.63) is 35.9 Å². The van der Waals surface area contributed by atoms with Crippen molar-refractivity contribution in [1.82, 2.24) is 4.90 Å². The Morgan fingerprint density at radius 2 is 1.68 bits per heavy atom. The molecule has 0 saturated carbocycles. The molecule has 0 amide bonds. The molecule has 0 aliphatic heterocycles. The fourth-order valence-corrected chi connectivity index (χ4v) is 2.00. The zero-order valence-electron chi connectivity index (χ0n) is 12.0. The van der Waals surface area contributed by atoms with E-state index in [0.29, 0.717) is 19.6 Å². The van der Waals surface area contributed by atoms with Crippen LogP contribution in [0.3, 0.4) is 0 Å². The first-order valence-electron chi connectivity index (χ1n) is 6.66. The topological polar surface area (TPSA) is 29.3 Å². The van der Waals surface area contributed by atoms with Gasteiger partial charge in [0, 0.05) is 12.1 Å². The minimum atomic E-state index is -2.83. The Labute approximate surface area is 114 Å². The lowest BCUT2D eigenvalue weighted by atomic mass is 9.92. The van der Waals surface area contributed by atoms with Crippen LogP contribution < -0.4 is 5.73 Å². The summed E-state index contributed by atoms with van der Waals surface area (Å²) in [6, 6.07) is 7.98. The number of nitrogens with zero attached hydrogens (tertiary/aromatic N) is 1. The van der Waals surface area contributed by atoms with Crippen LogP contribution in [-0.4, -0.2) is 31.1 Å². The molecule has 0 saturated heterocycles. The number of nitrogens with two attached hydrogens (primary N) is 1. The van der Waals surface area contributed by atoms with Crippen LogP contribution >= 0.6 is 0 Å². The first kappa shape index (κ1) is 16.1. The predicted octanol–water partition coefficient (Wildman–Crippen LogP) is 3.09. The SMILES string of the molecule is CCN(CC(C)(C)CN)CC(F)(F)c1ccccc1. The first-order valence-corrected chi connectivity index (χ1v) is 6.66. The third-order valence-corrected chi connectivity index (χ3v) is 3.27. The summed E-state index contributed by atoms with van der Waals surface area (Å²) in [7, 11) is 0. The Hall–Kier alpha value is -1.00. The van der Waals surface area contributed by atoms with Gasteiger partial charge in [0.2, 0.25) is 0 Å². The van der Waals surface area contributed by atoms with E-state index in [1.165, 1.54) is 12.1 Å². The fraction of sp³-hybridized carbons (Fsp3) is 0.600. The number of hydrogen-bond acceptors (Lipinski definition) is 2. The van der Waals surface area contributed by atoms with Crippen LogP contribution in [0.15, 0.2) is 30.3 Å². The van der Waals surface area contributed by atoms with E-state index in [4.69, 9.17) is 5.73 Å². The van der Waals surface area contributed by atoms with Gasteiger partial charge in [-0.2, -0.15) is 8.78 Å². The molecule has 0 bridgehead atoms. The molecular weight excluding hydrogens is 246 g/mol. The molecule has 108 valence electrons. The van der Waals surface area contributed by atoms with Gasteiger partial charge in [-0.3, -0.25) is 4.90 Å². The van der Waals surface area contributed by atoms with E-state index in [2.05, 4.69) is 0 Å². The Kier molecular flexibility index (Phi) is 5.44. The molecule has 0 aliphatic carbocycles. The molecule has 0 spiro atoms. The number of hydrogen-bond donors (Lipinski definition) is 1. The molecule has 1 rings (SSSR count). The van der Waals surface area contributed by atoms with Gasteiger partial charge < -0.3 is 5.73 Å². The van der Waals surface area contributed by atoms with Gasteiger partial charge in [-0.15, -0.1) is 0 Å². The lowest BCUT2D eigenvalue weighted by Crippen LogP contribution is -2.43. The smallest absolute Gasteiger partial charge is 0.285 e. The molecule has 0 aliphatic rings. The quantitative estimate of drug-likeness (QED) is 0.825. The molecule has 0 radical (unpaired) electrons. The lowest BCUT2D eigenvalue weighted by molar-refractivity contribution is -0.0430. The Bertz CT molecular complexity index is 377. The second kappa shape index (κ2) is 6.44. The van der Waals surface area contributed by atoms with Crippen LogP contribution in [0.5, 0.6) is 0 Å². The maximum Gasteiger partial charge on any atom is 0.285 e. The fourth-order valence-electron chi connectivity index (χ4n) is 2.00. The monoisotopic (exact) mass is 270 g/mol. The predicted molar refractivity (Wildman–Crippen MR) is 75.3 cm³/mol. The van der Waals surface area contributed by atoms with Gasteiger partial charge in [-0.05, 0) is 18.5 Å². The van der Waals surface area contributed by atoms with E-state index in [0.717, 1.165) is 0 Å². The van der Waals surface area contributed by atoms with Crippen molar-refractivity contribution in [3.63, 3.8) is 0 Å². The number of halogens is 2. The van der Waals surface area contributed by atoms with Crippen LogP contribution in [0.1, 0.15) is 26.3 Å². The number of benzene rings is 1. The first-order chi connectivity index (χ1) is 8.80. The van der Waals surface area contributed by atoms with Crippen molar-refractivity contribution in [2.45, 2.75) is 26.7 Å². The molecule has 0 aromatic heterocycles. The summed E-state index contributed by atoms with van der Waals surface area (Å²) in [4.78, 5) is 1.76. The maximum absolute atomic E-state index is 14.2. The van der Waals surface area contributed by atoms with Crippen LogP contribution in [0.4, 0.5) is 8.78 Å². The summed E-state index contributed by atoms with van der Waals surface area (Å²) in [5.74, 6) is -2.83. The molecule has 2 N–H and O–H groups in total. The summed E-state index contributed by atoms with van der Waals surface area (Å²) in [6.45, 7) is 7.27. The van der Waals surface area contributed by atoms with Crippen molar-refractivity contribution in [2.75, 3.05) is 26.2 Å². The summed E-state index contributed by atoms with van der Waals surface area (Å²) in [5.41, 5.74) is 5.59. The van der Waals surface area contributed by atoms with Crippen LogP contribution in [0.2, 0.25) is 0 Å². The highest BCUT2D eigenvalue weighted by Gasteiger charge is 2.34. The summed E-state index contributed by atoms with van der Waals surface area (Å²) < 4.78 is 28.4. The molecule has 0 atom stereocenters. The third kappa shape index (κ3) is 4.88. The van der Waals surface area contributed by atoms with Crippen LogP contribution in [0.25, 0.3) is 0 Å². The minimum Gasteiger partial charge on any atom is -0.330 e. The summed E-state index contributed by atoms with van der Waals surface area (Å²) >= 11 is 0. The standard InChI is InChI=1S/C15H24F2N2/c1-4-19(11-14(2,3)10-18)12-15(16,17)13-8-6-5-7-9-13/h5-9H,4,10-12,18H2,1-3H3. The van der Waals surface area contributed by atoms with Gasteiger partial charge in [-0.25, -0.2) is 0 Å². The molecule has 0 fully saturated rings. The highest BCUT2D eigenvalue weighted by atomic mass is 19.3. The molecule has 2 nitrogen and oxygen atoms in total. The van der Waals surface area contributed by atoms with Crippen LogP contribution in [-0.2, 0) is 5.92 Å². The Morgan fingerprint density at radius 3 is 2.16 bits per heavy atom. The molecular formula is C15H24F2N2. The second-order valence-corrected chi connectivity index (χ2v) is 5.74. The van der Waals surface area contributed by atoms with Gasteiger partial charge in [0.25, 0.3) is 5.92 Å². The van der Waals surface area contributed by atoms with Gasteiger partial charge in [0.1, 0.15) is 0 Å². The minimum absolute atomic E-state index is 0.0685. The van der Waals surface area contributed by atoms with E-state index in [9.17, 15) is 8.78 Å². The molecule has 0 unspecified atom stereocenters. The number of likely N-dealkylation sites (N-methyl/N-ethyl adjacent to an activating group) is 1. The molecule has 1 aromatic rings. The Morgan fingerprint density at radius 1 is 1.11 bits per heavy atom. The van der Waals surface area contributed by atoms with E-state index >= 15 is 0 Å². The van der Waals surface area contributed by atoms with E-state index in [1.54, 1.807) is 23.1 Å². The lowest BCUT2D eigenvalue weighted by Gasteiger charge is -2.33. The van der Waals surface area contributed by atoms with Crippen molar-refractivity contribution in [3.8, 4) is 0 Å². The van der Waals surface area contributed by atoms with E-state index < -0.39 is 5.92 Å². The van der Waals surface area contributed by atoms with Gasteiger partial charge in [0.05, 0.1) is 6.54 Å². The molecule has 0 heterocycles. The van der Waals surface area contributed by atoms with Crippen molar-refractivity contribution in [2.24, 2.45) is 11.1 Å². The second-order valence-electron chi connectivity index (χ2n) is 5.74. The largest absolute Gasteiger partial charge is 0.330 e. The van der Waals surface area contributed by atoms with Crippen molar-refractivity contribution >= 4 is 0 Å². The van der Waals surface area contributed by atoms with Crippen molar-refractivity contribution in [1.29, 1.82) is 0 Å². The highest BCUT2D eigenvalue weighted by Crippen LogP contribution is 2.29. The number of alkyl halides is 2. The summed E-state index contributed by atoms with van der Waals surface area (Å²) in [5, 5.41) is 0. The maximum atomic E-state index is 14.2. The normalized spacial score (nSPS) is 13.0. The van der Waals surface area contributed by atoms with Gasteiger partial charge >= 0.3 is 0 Å². The Balaban J connectivity index is 2.75. The summed E-state index contributed by atoms with van der Waals surface area (Å²) in [6.07, 6.45) is 0. The van der Waals surface area contributed by atoms with Gasteiger partial charge in [-0.1, -0.05) is 51.1 Å². The van der Waals surface area contributed by atoms with E-state index in [1.807, 2.05) is 20.8 Å². The zero-order valence-corrected chi connectivity index (χ0v) is 12.0.